The zero-order valence-electron chi connectivity index (χ0n) is 11.5. The number of carboxylic acid groups (broad SMARTS) is 1. The molecule has 0 spiro atoms. The van der Waals surface area contributed by atoms with Crippen LogP contribution in [0.1, 0.15) is 54.8 Å². The van der Waals surface area contributed by atoms with Gasteiger partial charge < -0.3 is 9.52 Å². The molecule has 0 saturated heterocycles. The number of carboxylic acids is 1. The number of para-hydroxylation sites is 1. The van der Waals surface area contributed by atoms with Gasteiger partial charge in [-0.15, -0.1) is 0 Å². The monoisotopic (exact) mass is 273 g/mol. The minimum absolute atomic E-state index is 0.221. The number of aromatic carboxylic acids is 1. The van der Waals surface area contributed by atoms with Crippen molar-refractivity contribution in [2.45, 2.75) is 44.9 Å². The van der Waals surface area contributed by atoms with Crippen LogP contribution in [-0.4, -0.2) is 16.1 Å². The first-order valence-electron chi connectivity index (χ1n) is 7.36. The third kappa shape index (κ3) is 2.69. The summed E-state index contributed by atoms with van der Waals surface area (Å²) in [6.07, 6.45) is 8.50. The van der Waals surface area contributed by atoms with E-state index < -0.39 is 5.97 Å². The van der Waals surface area contributed by atoms with Crippen molar-refractivity contribution in [3.05, 3.63) is 29.7 Å². The molecule has 0 bridgehead atoms. The second-order valence-electron chi connectivity index (χ2n) is 5.63. The van der Waals surface area contributed by atoms with Gasteiger partial charge in [-0.3, -0.25) is 0 Å². The molecule has 1 aliphatic carbocycles. The summed E-state index contributed by atoms with van der Waals surface area (Å²) < 4.78 is 5.73. The van der Waals surface area contributed by atoms with Crippen LogP contribution in [0.25, 0.3) is 11.1 Å². The normalized spacial score (nSPS) is 17.2. The molecule has 20 heavy (non-hydrogen) atoms. The van der Waals surface area contributed by atoms with Crippen molar-refractivity contribution < 1.29 is 14.3 Å². The molecule has 1 saturated carbocycles. The maximum Gasteiger partial charge on any atom is 0.338 e. The highest BCUT2D eigenvalue weighted by Crippen LogP contribution is 2.27. The van der Waals surface area contributed by atoms with Gasteiger partial charge >= 0.3 is 5.97 Å². The van der Waals surface area contributed by atoms with Gasteiger partial charge in [0.25, 0.3) is 0 Å². The maximum atomic E-state index is 11.2. The predicted molar refractivity (Wildman–Crippen MR) is 75.9 cm³/mol. The first-order valence-corrected chi connectivity index (χ1v) is 7.36. The predicted octanol–water partition coefficient (Wildman–Crippen LogP) is 4.04. The molecule has 4 nitrogen and oxygen atoms in total. The van der Waals surface area contributed by atoms with Crippen molar-refractivity contribution in [1.29, 1.82) is 0 Å². The molecule has 1 aliphatic rings. The van der Waals surface area contributed by atoms with Gasteiger partial charge in [0.05, 0.1) is 5.56 Å². The Morgan fingerprint density at radius 2 is 2.00 bits per heavy atom. The summed E-state index contributed by atoms with van der Waals surface area (Å²) in [5, 5.41) is 9.17. The number of rotatable bonds is 3. The van der Waals surface area contributed by atoms with E-state index in [1.54, 1.807) is 18.2 Å². The first-order chi connectivity index (χ1) is 9.74. The fourth-order valence-corrected chi connectivity index (χ4v) is 3.07. The van der Waals surface area contributed by atoms with E-state index in [2.05, 4.69) is 4.98 Å². The van der Waals surface area contributed by atoms with Gasteiger partial charge in [0.2, 0.25) is 0 Å². The summed E-state index contributed by atoms with van der Waals surface area (Å²) in [5.41, 5.74) is 1.27. The highest BCUT2D eigenvalue weighted by Gasteiger charge is 2.18. The van der Waals surface area contributed by atoms with Crippen molar-refractivity contribution in [1.82, 2.24) is 4.98 Å². The molecule has 1 N–H and O–H groups in total. The van der Waals surface area contributed by atoms with E-state index in [0.29, 0.717) is 22.9 Å². The molecule has 0 unspecified atom stereocenters. The fourth-order valence-electron chi connectivity index (χ4n) is 3.07. The van der Waals surface area contributed by atoms with Crippen LogP contribution in [0.3, 0.4) is 0 Å². The summed E-state index contributed by atoms with van der Waals surface area (Å²) >= 11 is 0. The average Bonchev–Trinajstić information content (AvgIpc) is 2.65. The Hall–Kier alpha value is -1.84. The zero-order valence-corrected chi connectivity index (χ0v) is 11.5. The molecular weight excluding hydrogens is 254 g/mol. The molecule has 2 aromatic rings. The summed E-state index contributed by atoms with van der Waals surface area (Å²) in [6, 6.07) is 5.06. The van der Waals surface area contributed by atoms with Crippen LogP contribution in [0.2, 0.25) is 0 Å². The summed E-state index contributed by atoms with van der Waals surface area (Å²) in [4.78, 5) is 15.6. The molecule has 4 heteroatoms. The lowest BCUT2D eigenvalue weighted by molar-refractivity contribution is 0.0699. The molecule has 0 radical (unpaired) electrons. The lowest BCUT2D eigenvalue weighted by Gasteiger charge is -2.10. The van der Waals surface area contributed by atoms with Gasteiger partial charge in [-0.2, -0.15) is 0 Å². The minimum atomic E-state index is -0.954. The Morgan fingerprint density at radius 3 is 2.70 bits per heavy atom. The van der Waals surface area contributed by atoms with Crippen LogP contribution in [-0.2, 0) is 6.42 Å². The van der Waals surface area contributed by atoms with E-state index in [4.69, 9.17) is 9.52 Å². The summed E-state index contributed by atoms with van der Waals surface area (Å²) in [5.74, 6) is 0.351. The Bertz CT molecular complexity index is 609. The number of fused-ring (bicyclic) bond motifs is 1. The van der Waals surface area contributed by atoms with E-state index in [9.17, 15) is 4.79 Å². The van der Waals surface area contributed by atoms with Crippen LogP contribution in [0.15, 0.2) is 22.6 Å². The summed E-state index contributed by atoms with van der Waals surface area (Å²) in [7, 11) is 0. The van der Waals surface area contributed by atoms with Crippen molar-refractivity contribution in [3.63, 3.8) is 0 Å². The largest absolute Gasteiger partial charge is 0.478 e. The lowest BCUT2D eigenvalue weighted by atomic mass is 9.97. The van der Waals surface area contributed by atoms with E-state index in [0.717, 1.165) is 6.42 Å². The van der Waals surface area contributed by atoms with E-state index >= 15 is 0 Å². The van der Waals surface area contributed by atoms with Crippen molar-refractivity contribution in [2.75, 3.05) is 0 Å². The van der Waals surface area contributed by atoms with E-state index in [-0.39, 0.29) is 5.56 Å². The standard InChI is InChI=1S/C16H19NO3/c18-16(19)12-8-5-9-13-15(12)17-14(20-13)10-11-6-3-1-2-4-7-11/h5,8-9,11H,1-4,6-7,10H2,(H,18,19). The van der Waals surface area contributed by atoms with E-state index in [1.807, 2.05) is 0 Å². The van der Waals surface area contributed by atoms with Crippen molar-refractivity contribution >= 4 is 17.1 Å². The van der Waals surface area contributed by atoms with Gasteiger partial charge in [0.1, 0.15) is 5.52 Å². The molecule has 1 fully saturated rings. The topological polar surface area (TPSA) is 63.3 Å². The van der Waals surface area contributed by atoms with Gasteiger partial charge in [-0.25, -0.2) is 9.78 Å². The van der Waals surface area contributed by atoms with Crippen LogP contribution in [0, 0.1) is 5.92 Å². The molecule has 1 aromatic heterocycles. The molecule has 3 rings (SSSR count). The Labute approximate surface area is 117 Å². The maximum absolute atomic E-state index is 11.2. The molecule has 1 aromatic carbocycles. The third-order valence-electron chi connectivity index (χ3n) is 4.13. The Kier molecular flexibility index (Phi) is 3.72. The SMILES string of the molecule is O=C(O)c1cccc2oc(CC3CCCCCC3)nc12. The highest BCUT2D eigenvalue weighted by atomic mass is 16.4. The quantitative estimate of drug-likeness (QED) is 0.857. The summed E-state index contributed by atoms with van der Waals surface area (Å²) in [6.45, 7) is 0. The van der Waals surface area contributed by atoms with Crippen LogP contribution >= 0.6 is 0 Å². The number of hydrogen-bond acceptors (Lipinski definition) is 3. The third-order valence-corrected chi connectivity index (χ3v) is 4.13. The lowest BCUT2D eigenvalue weighted by Crippen LogP contribution is -2.03. The molecule has 1 heterocycles. The van der Waals surface area contributed by atoms with Crippen molar-refractivity contribution in [3.8, 4) is 0 Å². The number of hydrogen-bond donors (Lipinski definition) is 1. The number of carbonyl (C=O) groups is 1. The van der Waals surface area contributed by atoms with E-state index in [1.165, 1.54) is 38.5 Å². The van der Waals surface area contributed by atoms with Crippen molar-refractivity contribution in [2.24, 2.45) is 5.92 Å². The number of nitrogens with zero attached hydrogens (tertiary/aromatic N) is 1. The van der Waals surface area contributed by atoms with Crippen LogP contribution in [0.5, 0.6) is 0 Å². The number of oxazole rings is 1. The average molecular weight is 273 g/mol. The number of aromatic nitrogens is 1. The highest BCUT2D eigenvalue weighted by molar-refractivity contribution is 6.00. The molecular formula is C16H19NO3. The molecule has 106 valence electrons. The second kappa shape index (κ2) is 5.65. The zero-order chi connectivity index (χ0) is 13.9. The van der Waals surface area contributed by atoms with Gasteiger partial charge in [-0.1, -0.05) is 31.7 Å². The van der Waals surface area contributed by atoms with Gasteiger partial charge in [0, 0.05) is 6.42 Å². The first kappa shape index (κ1) is 13.2. The smallest absolute Gasteiger partial charge is 0.338 e. The van der Waals surface area contributed by atoms with Crippen LogP contribution in [0.4, 0.5) is 0 Å². The van der Waals surface area contributed by atoms with Gasteiger partial charge in [-0.05, 0) is 30.9 Å². The van der Waals surface area contributed by atoms with Crippen LogP contribution < -0.4 is 0 Å². The Balaban J connectivity index is 1.85. The second-order valence-corrected chi connectivity index (χ2v) is 5.63. The molecule has 0 amide bonds. The number of benzene rings is 1. The fraction of sp³-hybridized carbons (Fsp3) is 0.500. The molecule has 0 atom stereocenters. The molecule has 0 aliphatic heterocycles. The van der Waals surface area contributed by atoms with Gasteiger partial charge in [0.15, 0.2) is 11.5 Å². The minimum Gasteiger partial charge on any atom is -0.478 e. The Morgan fingerprint density at radius 1 is 1.25 bits per heavy atom.